The van der Waals surface area contributed by atoms with Gasteiger partial charge in [0.2, 0.25) is 11.8 Å². The molecule has 122 valence electrons. The van der Waals surface area contributed by atoms with E-state index in [1.54, 1.807) is 4.90 Å². The third kappa shape index (κ3) is 2.75. The zero-order valence-electron chi connectivity index (χ0n) is 13.6. The van der Waals surface area contributed by atoms with E-state index in [2.05, 4.69) is 5.32 Å². The van der Waals surface area contributed by atoms with Crippen LogP contribution in [0.1, 0.15) is 37.7 Å². The van der Waals surface area contributed by atoms with E-state index in [1.807, 2.05) is 31.2 Å². The lowest BCUT2D eigenvalue weighted by molar-refractivity contribution is -0.127. The van der Waals surface area contributed by atoms with Gasteiger partial charge in [-0.1, -0.05) is 24.1 Å². The molecule has 3 aliphatic rings. The Kier molecular flexibility index (Phi) is 3.63. The van der Waals surface area contributed by atoms with Crippen LogP contribution in [0, 0.1) is 24.7 Å². The summed E-state index contributed by atoms with van der Waals surface area (Å²) in [5.41, 5.74) is 2.07. The van der Waals surface area contributed by atoms with Gasteiger partial charge in [0, 0.05) is 24.7 Å². The van der Waals surface area contributed by atoms with E-state index in [1.165, 1.54) is 24.8 Å². The van der Waals surface area contributed by atoms with Crippen molar-refractivity contribution < 1.29 is 9.59 Å². The van der Waals surface area contributed by atoms with E-state index in [9.17, 15) is 9.59 Å². The molecule has 4 nitrogen and oxygen atoms in total. The number of carbonyl (C=O) groups excluding carboxylic acids is 2. The molecule has 2 saturated carbocycles. The summed E-state index contributed by atoms with van der Waals surface area (Å²) in [6.07, 6.45) is 5.35. The van der Waals surface area contributed by atoms with Crippen LogP contribution in [0.3, 0.4) is 0 Å². The number of rotatable bonds is 3. The van der Waals surface area contributed by atoms with Crippen LogP contribution in [-0.2, 0) is 9.59 Å². The predicted molar refractivity (Wildman–Crippen MR) is 89.0 cm³/mol. The van der Waals surface area contributed by atoms with Crippen LogP contribution in [0.15, 0.2) is 24.3 Å². The molecule has 2 bridgehead atoms. The molecule has 1 saturated heterocycles. The predicted octanol–water partition coefficient (Wildman–Crippen LogP) is 2.65. The molecule has 0 aromatic heterocycles. The van der Waals surface area contributed by atoms with Gasteiger partial charge in [-0.05, 0) is 50.2 Å². The highest BCUT2D eigenvalue weighted by atomic mass is 16.2. The lowest BCUT2D eigenvalue weighted by Crippen LogP contribution is -2.42. The molecule has 1 aromatic carbocycles. The molecule has 2 amide bonds. The maximum Gasteiger partial charge on any atom is 0.227 e. The fraction of sp³-hybridized carbons (Fsp3) is 0.579. The minimum absolute atomic E-state index is 0.0574. The van der Waals surface area contributed by atoms with Gasteiger partial charge in [0.05, 0.1) is 5.92 Å². The SMILES string of the molecule is Cc1ccc(N2C[C@@H](C(=O)N[C@H]3C[C@H]4CC[C@H]3C4)CC2=O)cc1. The average Bonchev–Trinajstić information content (AvgIpc) is 3.23. The van der Waals surface area contributed by atoms with Gasteiger partial charge < -0.3 is 10.2 Å². The van der Waals surface area contributed by atoms with Gasteiger partial charge in [0.15, 0.2) is 0 Å². The number of hydrogen-bond acceptors (Lipinski definition) is 2. The first kappa shape index (κ1) is 14.7. The normalized spacial score (nSPS) is 32.6. The highest BCUT2D eigenvalue weighted by Gasteiger charge is 2.42. The number of anilines is 1. The number of amides is 2. The van der Waals surface area contributed by atoms with Gasteiger partial charge in [-0.3, -0.25) is 9.59 Å². The first-order valence-electron chi connectivity index (χ1n) is 8.77. The second-order valence-electron chi connectivity index (χ2n) is 7.53. The maximum absolute atomic E-state index is 12.6. The van der Waals surface area contributed by atoms with Crippen molar-refractivity contribution in [2.24, 2.45) is 17.8 Å². The zero-order valence-corrected chi connectivity index (χ0v) is 13.6. The Balaban J connectivity index is 1.39. The van der Waals surface area contributed by atoms with Gasteiger partial charge >= 0.3 is 0 Å². The summed E-state index contributed by atoms with van der Waals surface area (Å²) in [5.74, 6) is 1.42. The van der Waals surface area contributed by atoms with Crippen molar-refractivity contribution in [1.29, 1.82) is 0 Å². The Morgan fingerprint density at radius 3 is 2.61 bits per heavy atom. The molecule has 1 aromatic rings. The quantitative estimate of drug-likeness (QED) is 0.933. The summed E-state index contributed by atoms with van der Waals surface area (Å²) in [4.78, 5) is 26.6. The molecule has 1 N–H and O–H groups in total. The number of hydrogen-bond donors (Lipinski definition) is 1. The lowest BCUT2D eigenvalue weighted by Gasteiger charge is -2.24. The van der Waals surface area contributed by atoms with Crippen molar-refractivity contribution in [3.63, 3.8) is 0 Å². The fourth-order valence-electron chi connectivity index (χ4n) is 4.58. The molecule has 2 aliphatic carbocycles. The Morgan fingerprint density at radius 1 is 1.17 bits per heavy atom. The highest BCUT2D eigenvalue weighted by Crippen LogP contribution is 2.44. The largest absolute Gasteiger partial charge is 0.353 e. The Bertz CT molecular complexity index is 625. The van der Waals surface area contributed by atoms with Crippen molar-refractivity contribution in [3.8, 4) is 0 Å². The van der Waals surface area contributed by atoms with Crippen molar-refractivity contribution in [2.45, 2.75) is 45.1 Å². The van der Waals surface area contributed by atoms with Crippen molar-refractivity contribution in [3.05, 3.63) is 29.8 Å². The fourth-order valence-corrected chi connectivity index (χ4v) is 4.58. The topological polar surface area (TPSA) is 49.4 Å². The van der Waals surface area contributed by atoms with E-state index in [0.29, 0.717) is 24.9 Å². The zero-order chi connectivity index (χ0) is 16.0. The first-order chi connectivity index (χ1) is 11.1. The van der Waals surface area contributed by atoms with Crippen molar-refractivity contribution in [1.82, 2.24) is 5.32 Å². The summed E-state index contributed by atoms with van der Waals surface area (Å²) in [7, 11) is 0. The summed E-state index contributed by atoms with van der Waals surface area (Å²) in [5, 5.41) is 3.24. The minimum atomic E-state index is -0.206. The molecule has 4 atom stereocenters. The van der Waals surface area contributed by atoms with E-state index in [-0.39, 0.29) is 17.7 Å². The third-order valence-corrected chi connectivity index (χ3v) is 5.91. The van der Waals surface area contributed by atoms with Crippen LogP contribution < -0.4 is 10.2 Å². The molecule has 4 heteroatoms. The molecule has 1 aliphatic heterocycles. The lowest BCUT2D eigenvalue weighted by atomic mass is 9.94. The molecule has 0 spiro atoms. The average molecular weight is 312 g/mol. The molecule has 3 fully saturated rings. The van der Waals surface area contributed by atoms with Crippen LogP contribution >= 0.6 is 0 Å². The van der Waals surface area contributed by atoms with Crippen LogP contribution in [0.5, 0.6) is 0 Å². The first-order valence-corrected chi connectivity index (χ1v) is 8.77. The third-order valence-electron chi connectivity index (χ3n) is 5.91. The highest BCUT2D eigenvalue weighted by molar-refractivity contribution is 6.00. The number of nitrogens with one attached hydrogen (secondary N) is 1. The van der Waals surface area contributed by atoms with Crippen LogP contribution in [0.25, 0.3) is 0 Å². The number of nitrogens with zero attached hydrogens (tertiary/aromatic N) is 1. The van der Waals surface area contributed by atoms with Crippen molar-refractivity contribution >= 4 is 17.5 Å². The summed E-state index contributed by atoms with van der Waals surface area (Å²) < 4.78 is 0. The Morgan fingerprint density at radius 2 is 1.96 bits per heavy atom. The number of carbonyl (C=O) groups is 2. The second kappa shape index (κ2) is 5.66. The van der Waals surface area contributed by atoms with E-state index < -0.39 is 0 Å². The standard InChI is InChI=1S/C19H24N2O2/c1-12-2-6-16(7-3-12)21-11-15(10-18(21)22)19(23)20-17-9-13-4-5-14(17)8-13/h2-3,6-7,13-15,17H,4-5,8-11H2,1H3,(H,20,23)/t13-,14-,15-,17-/m0/s1. The molecular weight excluding hydrogens is 288 g/mol. The molecule has 1 heterocycles. The van der Waals surface area contributed by atoms with Crippen molar-refractivity contribution in [2.75, 3.05) is 11.4 Å². The van der Waals surface area contributed by atoms with Gasteiger partial charge in [0.25, 0.3) is 0 Å². The Hall–Kier alpha value is -1.84. The summed E-state index contributed by atoms with van der Waals surface area (Å²) >= 11 is 0. The number of fused-ring (bicyclic) bond motifs is 2. The number of aryl methyl sites for hydroxylation is 1. The van der Waals surface area contributed by atoms with E-state index in [0.717, 1.165) is 18.0 Å². The molecule has 0 unspecified atom stereocenters. The van der Waals surface area contributed by atoms with E-state index in [4.69, 9.17) is 0 Å². The van der Waals surface area contributed by atoms with E-state index >= 15 is 0 Å². The van der Waals surface area contributed by atoms with Gasteiger partial charge in [-0.15, -0.1) is 0 Å². The summed E-state index contributed by atoms with van der Waals surface area (Å²) in [6, 6.07) is 8.29. The maximum atomic E-state index is 12.6. The molecular formula is C19H24N2O2. The smallest absolute Gasteiger partial charge is 0.227 e. The minimum Gasteiger partial charge on any atom is -0.353 e. The van der Waals surface area contributed by atoms with Crippen LogP contribution in [0.2, 0.25) is 0 Å². The molecule has 0 radical (unpaired) electrons. The van der Waals surface area contributed by atoms with Crippen LogP contribution in [0.4, 0.5) is 5.69 Å². The van der Waals surface area contributed by atoms with Crippen LogP contribution in [-0.4, -0.2) is 24.4 Å². The van der Waals surface area contributed by atoms with Gasteiger partial charge in [-0.25, -0.2) is 0 Å². The monoisotopic (exact) mass is 312 g/mol. The Labute approximate surface area is 137 Å². The summed E-state index contributed by atoms with van der Waals surface area (Å²) in [6.45, 7) is 2.54. The molecule has 4 rings (SSSR count). The molecule has 23 heavy (non-hydrogen) atoms. The van der Waals surface area contributed by atoms with Gasteiger partial charge in [-0.2, -0.15) is 0 Å². The number of benzene rings is 1. The second-order valence-corrected chi connectivity index (χ2v) is 7.53. The van der Waals surface area contributed by atoms with Gasteiger partial charge in [0.1, 0.15) is 0 Å².